The topological polar surface area (TPSA) is 123 Å². The molecule has 0 aliphatic carbocycles. The van der Waals surface area contributed by atoms with Crippen LogP contribution >= 0.6 is 0 Å². The van der Waals surface area contributed by atoms with E-state index in [-0.39, 0.29) is 17.2 Å². The average molecular weight is 461 g/mol. The minimum atomic E-state index is -3.51. The molecule has 0 atom stereocenters. The van der Waals surface area contributed by atoms with Gasteiger partial charge in [-0.15, -0.1) is 0 Å². The van der Waals surface area contributed by atoms with E-state index in [0.717, 1.165) is 30.6 Å². The largest absolute Gasteiger partial charge is 0.356 e. The van der Waals surface area contributed by atoms with Crippen molar-refractivity contribution in [2.24, 2.45) is 7.05 Å². The number of carbonyl (C=O) groups is 1. The zero-order valence-corrected chi connectivity index (χ0v) is 19.2. The summed E-state index contributed by atoms with van der Waals surface area (Å²) in [6, 6.07) is 5.06. The first-order valence-electron chi connectivity index (χ1n) is 10.9. The second-order valence-electron chi connectivity index (χ2n) is 8.04. The van der Waals surface area contributed by atoms with Crippen LogP contribution in [0, 0.1) is 6.92 Å². The molecule has 0 spiro atoms. The lowest BCUT2D eigenvalue weighted by molar-refractivity contribution is -0.121. The van der Waals surface area contributed by atoms with E-state index in [1.807, 2.05) is 11.6 Å². The fraction of sp³-hybridized carbons (Fsp3) is 0.524. The maximum absolute atomic E-state index is 13.0. The molecule has 0 bridgehead atoms. The van der Waals surface area contributed by atoms with Crippen molar-refractivity contribution in [1.29, 1.82) is 0 Å². The van der Waals surface area contributed by atoms with Crippen LogP contribution in [0.5, 0.6) is 0 Å². The number of sulfonamides is 1. The molecule has 32 heavy (non-hydrogen) atoms. The van der Waals surface area contributed by atoms with Gasteiger partial charge in [-0.3, -0.25) is 4.79 Å². The molecular weight excluding hydrogens is 432 g/mol. The molecule has 11 heteroatoms. The van der Waals surface area contributed by atoms with Crippen LogP contribution in [0.4, 0.5) is 0 Å². The van der Waals surface area contributed by atoms with Gasteiger partial charge in [0.1, 0.15) is 5.82 Å². The van der Waals surface area contributed by atoms with Gasteiger partial charge in [-0.1, -0.05) is 11.6 Å². The fourth-order valence-electron chi connectivity index (χ4n) is 3.93. The van der Waals surface area contributed by atoms with E-state index in [9.17, 15) is 13.2 Å². The van der Waals surface area contributed by atoms with Crippen LogP contribution in [0.2, 0.25) is 0 Å². The smallest absolute Gasteiger partial charge is 0.243 e. The number of benzene rings is 1. The summed E-state index contributed by atoms with van der Waals surface area (Å²) in [6.45, 7) is 3.29. The Bertz CT molecular complexity index is 1210. The number of hydrogen-bond acceptors (Lipinski definition) is 7. The summed E-state index contributed by atoms with van der Waals surface area (Å²) in [5.41, 5.74) is 1.46. The van der Waals surface area contributed by atoms with E-state index in [4.69, 9.17) is 4.52 Å². The Balaban J connectivity index is 1.39. The molecule has 2 aromatic heterocycles. The van der Waals surface area contributed by atoms with E-state index in [1.54, 1.807) is 29.4 Å². The molecule has 4 rings (SSSR count). The molecule has 0 unspecified atom stereocenters. The van der Waals surface area contributed by atoms with Crippen molar-refractivity contribution in [3.63, 3.8) is 0 Å². The number of aryl methyl sites for hydroxylation is 3. The maximum atomic E-state index is 13.0. The molecule has 3 heterocycles. The molecule has 0 saturated carbocycles. The van der Waals surface area contributed by atoms with Crippen LogP contribution in [0.15, 0.2) is 27.6 Å². The van der Waals surface area contributed by atoms with Crippen LogP contribution in [0.25, 0.3) is 11.0 Å². The number of hydrogen-bond donors (Lipinski definition) is 1. The minimum Gasteiger partial charge on any atom is -0.356 e. The Labute approximate surface area is 187 Å². The standard InChI is InChI=1S/C21H28N6O4S/c1-15-23-21(31-25-15)10-11-22-20(28)9-8-19-24-17-14-16(6-7-18(17)26(19)2)32(29,30)27-12-4-3-5-13-27/h6-7,14H,3-5,8-13H2,1-2H3,(H,22,28). The number of aromatic nitrogens is 4. The number of amides is 1. The van der Waals surface area contributed by atoms with Crippen LogP contribution in [0.3, 0.4) is 0 Å². The third kappa shape index (κ3) is 4.83. The van der Waals surface area contributed by atoms with E-state index in [0.29, 0.717) is 49.7 Å². The molecule has 1 aromatic carbocycles. The van der Waals surface area contributed by atoms with E-state index < -0.39 is 10.0 Å². The van der Waals surface area contributed by atoms with Gasteiger partial charge in [0, 0.05) is 45.9 Å². The Kier molecular flexibility index (Phi) is 6.56. The first kappa shape index (κ1) is 22.4. The zero-order chi connectivity index (χ0) is 22.7. The van der Waals surface area contributed by atoms with Crippen molar-refractivity contribution >= 4 is 27.0 Å². The van der Waals surface area contributed by atoms with Gasteiger partial charge >= 0.3 is 0 Å². The monoisotopic (exact) mass is 460 g/mol. The summed E-state index contributed by atoms with van der Waals surface area (Å²) in [4.78, 5) is 21.2. The van der Waals surface area contributed by atoms with Gasteiger partial charge in [-0.2, -0.15) is 9.29 Å². The molecule has 1 amide bonds. The zero-order valence-electron chi connectivity index (χ0n) is 18.4. The third-order valence-corrected chi connectivity index (χ3v) is 7.60. The van der Waals surface area contributed by atoms with Gasteiger partial charge in [0.2, 0.25) is 21.8 Å². The maximum Gasteiger partial charge on any atom is 0.243 e. The first-order chi connectivity index (χ1) is 15.3. The molecule has 1 N–H and O–H groups in total. The predicted octanol–water partition coefficient (Wildman–Crippen LogP) is 1.73. The van der Waals surface area contributed by atoms with E-state index >= 15 is 0 Å². The van der Waals surface area contributed by atoms with Crippen molar-refractivity contribution < 1.29 is 17.7 Å². The number of piperidine rings is 1. The lowest BCUT2D eigenvalue weighted by Crippen LogP contribution is -2.35. The second-order valence-corrected chi connectivity index (χ2v) is 9.98. The first-order valence-corrected chi connectivity index (χ1v) is 12.3. The number of carbonyl (C=O) groups excluding carboxylic acids is 1. The molecule has 10 nitrogen and oxygen atoms in total. The van der Waals surface area contributed by atoms with Crippen molar-refractivity contribution in [2.75, 3.05) is 19.6 Å². The Hall–Kier alpha value is -2.79. The summed E-state index contributed by atoms with van der Waals surface area (Å²) in [7, 11) is -1.64. The molecular formula is C21H28N6O4S. The van der Waals surface area contributed by atoms with Gasteiger partial charge in [-0.25, -0.2) is 13.4 Å². The lowest BCUT2D eigenvalue weighted by atomic mass is 10.2. The van der Waals surface area contributed by atoms with Crippen LogP contribution in [-0.4, -0.2) is 58.0 Å². The number of nitrogens with zero attached hydrogens (tertiary/aromatic N) is 5. The number of imidazole rings is 1. The van der Waals surface area contributed by atoms with E-state index in [1.165, 1.54) is 0 Å². The summed E-state index contributed by atoms with van der Waals surface area (Å²) in [5, 5.41) is 6.56. The third-order valence-electron chi connectivity index (χ3n) is 5.70. The highest BCUT2D eigenvalue weighted by Crippen LogP contribution is 2.24. The van der Waals surface area contributed by atoms with Crippen LogP contribution in [0.1, 0.15) is 43.2 Å². The quantitative estimate of drug-likeness (QED) is 0.543. The number of fused-ring (bicyclic) bond motifs is 1. The number of rotatable bonds is 8. The van der Waals surface area contributed by atoms with Gasteiger partial charge in [-0.05, 0) is 38.0 Å². The van der Waals surface area contributed by atoms with Gasteiger partial charge in [0.15, 0.2) is 5.82 Å². The van der Waals surface area contributed by atoms with Gasteiger partial charge in [0.25, 0.3) is 0 Å². The van der Waals surface area contributed by atoms with Crippen LogP contribution in [-0.2, 0) is 34.7 Å². The highest BCUT2D eigenvalue weighted by atomic mass is 32.2. The van der Waals surface area contributed by atoms with Crippen molar-refractivity contribution in [3.8, 4) is 0 Å². The number of nitrogens with one attached hydrogen (secondary N) is 1. The fourth-order valence-corrected chi connectivity index (χ4v) is 5.47. The lowest BCUT2D eigenvalue weighted by Gasteiger charge is -2.25. The normalized spacial score (nSPS) is 15.3. The van der Waals surface area contributed by atoms with Crippen molar-refractivity contribution in [1.82, 2.24) is 29.3 Å². The summed E-state index contributed by atoms with van der Waals surface area (Å²) >= 11 is 0. The molecule has 3 aromatic rings. The predicted molar refractivity (Wildman–Crippen MR) is 117 cm³/mol. The molecule has 1 fully saturated rings. The Morgan fingerprint density at radius 2 is 1.94 bits per heavy atom. The minimum absolute atomic E-state index is 0.0957. The van der Waals surface area contributed by atoms with Crippen molar-refractivity contribution in [3.05, 3.63) is 35.7 Å². The second kappa shape index (κ2) is 9.37. The van der Waals surface area contributed by atoms with Gasteiger partial charge in [0.05, 0.1) is 15.9 Å². The molecule has 172 valence electrons. The summed E-state index contributed by atoms with van der Waals surface area (Å²) in [5.74, 6) is 1.70. The molecule has 1 aliphatic rings. The van der Waals surface area contributed by atoms with Crippen molar-refractivity contribution in [2.45, 2.75) is 50.3 Å². The Morgan fingerprint density at radius 1 is 1.16 bits per heavy atom. The molecule has 1 aliphatic heterocycles. The van der Waals surface area contributed by atoms with E-state index in [2.05, 4.69) is 20.4 Å². The highest BCUT2D eigenvalue weighted by Gasteiger charge is 2.26. The molecule has 1 saturated heterocycles. The highest BCUT2D eigenvalue weighted by molar-refractivity contribution is 7.89. The SMILES string of the molecule is Cc1noc(CCNC(=O)CCc2nc3cc(S(=O)(=O)N4CCCCC4)ccc3n2C)n1. The average Bonchev–Trinajstić information content (AvgIpc) is 3.35. The summed E-state index contributed by atoms with van der Waals surface area (Å²) in [6.07, 6.45) is 4.06. The van der Waals surface area contributed by atoms with Gasteiger partial charge < -0.3 is 14.4 Å². The van der Waals surface area contributed by atoms with Crippen LogP contribution < -0.4 is 5.32 Å². The summed E-state index contributed by atoms with van der Waals surface area (Å²) < 4.78 is 34.4. The molecule has 0 radical (unpaired) electrons. The Morgan fingerprint density at radius 3 is 2.66 bits per heavy atom.